The van der Waals surface area contributed by atoms with E-state index >= 15 is 0 Å². The van der Waals surface area contributed by atoms with Crippen LogP contribution < -0.4 is 11.5 Å². The Bertz CT molecular complexity index is 323. The van der Waals surface area contributed by atoms with Crippen molar-refractivity contribution in [1.29, 1.82) is 0 Å². The number of rotatable bonds is 4. The summed E-state index contributed by atoms with van der Waals surface area (Å²) in [5.74, 6) is 0.991. The molecular weight excluding hydrogens is 204 g/mol. The predicted molar refractivity (Wildman–Crippen MR) is 69.3 cm³/mol. The summed E-state index contributed by atoms with van der Waals surface area (Å²) in [4.78, 5) is 1.15. The molecule has 1 rings (SSSR count). The lowest BCUT2D eigenvalue weighted by Crippen LogP contribution is -2.17. The van der Waals surface area contributed by atoms with Crippen LogP contribution in [0.5, 0.6) is 0 Å². The molecule has 1 aromatic rings. The van der Waals surface area contributed by atoms with E-state index in [4.69, 9.17) is 11.5 Å². The third kappa shape index (κ3) is 2.89. The van der Waals surface area contributed by atoms with Crippen LogP contribution in [0, 0.1) is 5.92 Å². The first-order valence-corrected chi connectivity index (χ1v) is 6.46. The normalized spacial score (nSPS) is 13.1. The lowest BCUT2D eigenvalue weighted by Gasteiger charge is -2.20. The molecule has 0 fully saturated rings. The highest BCUT2D eigenvalue weighted by atomic mass is 32.2. The maximum Gasteiger partial charge on any atom is 0.0452 e. The molecular formula is C12H20N2S. The van der Waals surface area contributed by atoms with Crippen molar-refractivity contribution in [1.82, 2.24) is 0 Å². The van der Waals surface area contributed by atoms with Crippen molar-refractivity contribution in [3.05, 3.63) is 23.8 Å². The zero-order valence-electron chi connectivity index (χ0n) is 9.66. The highest BCUT2D eigenvalue weighted by Gasteiger charge is 2.14. The van der Waals surface area contributed by atoms with Crippen LogP contribution in [0.25, 0.3) is 0 Å². The second-order valence-corrected chi connectivity index (χ2v) is 4.94. The summed E-state index contributed by atoms with van der Waals surface area (Å²) in [6.07, 6.45) is 2.04. The van der Waals surface area contributed by atoms with Gasteiger partial charge in [0.1, 0.15) is 0 Å². The van der Waals surface area contributed by atoms with E-state index in [9.17, 15) is 0 Å². The number of thioether (sulfide) groups is 1. The van der Waals surface area contributed by atoms with Crippen LogP contribution in [0.1, 0.15) is 25.3 Å². The van der Waals surface area contributed by atoms with Crippen molar-refractivity contribution < 1.29 is 0 Å². The van der Waals surface area contributed by atoms with Crippen LogP contribution in [0.4, 0.5) is 5.69 Å². The summed E-state index contributed by atoms with van der Waals surface area (Å²) in [5, 5.41) is 0. The molecule has 15 heavy (non-hydrogen) atoms. The van der Waals surface area contributed by atoms with Gasteiger partial charge in [-0.25, -0.2) is 0 Å². The zero-order chi connectivity index (χ0) is 11.4. The standard InChI is InChI=1S/C12H20N2S/c1-8(2)10(7-13)9-4-5-11(14)12(6-9)15-3/h4-6,8,10H,7,13-14H2,1-3H3. The van der Waals surface area contributed by atoms with Gasteiger partial charge >= 0.3 is 0 Å². The number of benzene rings is 1. The molecule has 0 spiro atoms. The van der Waals surface area contributed by atoms with Crippen LogP contribution >= 0.6 is 11.8 Å². The van der Waals surface area contributed by atoms with Crippen LogP contribution in [0.2, 0.25) is 0 Å². The van der Waals surface area contributed by atoms with Crippen molar-refractivity contribution >= 4 is 17.4 Å². The number of nitrogen functional groups attached to an aromatic ring is 1. The molecule has 0 aromatic heterocycles. The van der Waals surface area contributed by atoms with E-state index in [1.54, 1.807) is 11.8 Å². The number of nitrogens with two attached hydrogens (primary N) is 2. The minimum atomic E-state index is 0.427. The average Bonchev–Trinajstić information content (AvgIpc) is 2.21. The molecule has 2 nitrogen and oxygen atoms in total. The molecule has 0 heterocycles. The van der Waals surface area contributed by atoms with Crippen molar-refractivity contribution in [3.63, 3.8) is 0 Å². The summed E-state index contributed by atoms with van der Waals surface area (Å²) < 4.78 is 0. The number of hydrogen-bond donors (Lipinski definition) is 2. The minimum absolute atomic E-state index is 0.427. The van der Waals surface area contributed by atoms with E-state index in [-0.39, 0.29) is 0 Å². The molecule has 0 amide bonds. The fraction of sp³-hybridized carbons (Fsp3) is 0.500. The second kappa shape index (κ2) is 5.42. The Morgan fingerprint density at radius 3 is 2.47 bits per heavy atom. The van der Waals surface area contributed by atoms with Crippen molar-refractivity contribution in [2.75, 3.05) is 18.5 Å². The lowest BCUT2D eigenvalue weighted by atomic mass is 9.88. The Kier molecular flexibility index (Phi) is 4.48. The van der Waals surface area contributed by atoms with Crippen LogP contribution in [0.15, 0.2) is 23.1 Å². The highest BCUT2D eigenvalue weighted by molar-refractivity contribution is 7.98. The summed E-state index contributed by atoms with van der Waals surface area (Å²) in [6, 6.07) is 6.23. The third-order valence-electron chi connectivity index (χ3n) is 2.74. The van der Waals surface area contributed by atoms with Crippen LogP contribution in [0.3, 0.4) is 0 Å². The van der Waals surface area contributed by atoms with Gasteiger partial charge in [-0.15, -0.1) is 11.8 Å². The van der Waals surface area contributed by atoms with Crippen LogP contribution in [-0.2, 0) is 0 Å². The quantitative estimate of drug-likeness (QED) is 0.610. The second-order valence-electron chi connectivity index (χ2n) is 4.09. The lowest BCUT2D eigenvalue weighted by molar-refractivity contribution is 0.506. The maximum atomic E-state index is 5.87. The van der Waals surface area contributed by atoms with E-state index in [0.29, 0.717) is 18.4 Å². The Morgan fingerprint density at radius 1 is 1.33 bits per heavy atom. The Morgan fingerprint density at radius 2 is 2.00 bits per heavy atom. The molecule has 4 N–H and O–H groups in total. The zero-order valence-corrected chi connectivity index (χ0v) is 10.5. The van der Waals surface area contributed by atoms with E-state index in [1.807, 2.05) is 12.3 Å². The molecule has 1 aromatic carbocycles. The maximum absolute atomic E-state index is 5.87. The first-order valence-electron chi connectivity index (χ1n) is 5.23. The molecule has 0 aliphatic rings. The van der Waals surface area contributed by atoms with Crippen molar-refractivity contribution in [3.8, 4) is 0 Å². The minimum Gasteiger partial charge on any atom is -0.398 e. The van der Waals surface area contributed by atoms with Crippen LogP contribution in [-0.4, -0.2) is 12.8 Å². The van der Waals surface area contributed by atoms with Gasteiger partial charge in [-0.05, 0) is 42.3 Å². The van der Waals surface area contributed by atoms with Crippen molar-refractivity contribution in [2.45, 2.75) is 24.7 Å². The molecule has 0 aliphatic carbocycles. The molecule has 84 valence electrons. The van der Waals surface area contributed by atoms with Gasteiger partial charge < -0.3 is 11.5 Å². The van der Waals surface area contributed by atoms with Gasteiger partial charge in [0.15, 0.2) is 0 Å². The molecule has 1 atom stereocenters. The SMILES string of the molecule is CSc1cc(C(CN)C(C)C)ccc1N. The van der Waals surface area contributed by atoms with E-state index < -0.39 is 0 Å². The van der Waals surface area contributed by atoms with E-state index in [1.165, 1.54) is 5.56 Å². The van der Waals surface area contributed by atoms with Gasteiger partial charge in [0.25, 0.3) is 0 Å². The molecule has 3 heteroatoms. The third-order valence-corrected chi connectivity index (χ3v) is 3.54. The molecule has 0 bridgehead atoms. The first-order chi connectivity index (χ1) is 7.10. The Balaban J connectivity index is 3.03. The van der Waals surface area contributed by atoms with Gasteiger partial charge in [0.2, 0.25) is 0 Å². The van der Waals surface area contributed by atoms with Gasteiger partial charge in [0.05, 0.1) is 0 Å². The number of hydrogen-bond acceptors (Lipinski definition) is 3. The fourth-order valence-corrected chi connectivity index (χ4v) is 2.31. The largest absolute Gasteiger partial charge is 0.398 e. The summed E-state index contributed by atoms with van der Waals surface area (Å²) in [7, 11) is 0. The predicted octanol–water partition coefficient (Wildman–Crippen LogP) is 2.69. The molecule has 0 saturated heterocycles. The smallest absolute Gasteiger partial charge is 0.0452 e. The molecule has 0 aliphatic heterocycles. The van der Waals surface area contributed by atoms with Gasteiger partial charge in [-0.2, -0.15) is 0 Å². The molecule has 0 radical (unpaired) electrons. The van der Waals surface area contributed by atoms with Gasteiger partial charge in [0, 0.05) is 10.6 Å². The monoisotopic (exact) mass is 224 g/mol. The summed E-state index contributed by atoms with van der Waals surface area (Å²) in [5.41, 5.74) is 13.8. The van der Waals surface area contributed by atoms with E-state index in [0.717, 1.165) is 10.6 Å². The highest BCUT2D eigenvalue weighted by Crippen LogP contribution is 2.30. The van der Waals surface area contributed by atoms with Gasteiger partial charge in [-0.3, -0.25) is 0 Å². The first kappa shape index (κ1) is 12.4. The summed E-state index contributed by atoms with van der Waals surface area (Å²) in [6.45, 7) is 5.09. The molecule has 1 unspecified atom stereocenters. The van der Waals surface area contributed by atoms with Gasteiger partial charge in [-0.1, -0.05) is 19.9 Å². The Labute approximate surface area is 96.4 Å². The number of anilines is 1. The molecule has 0 saturated carbocycles. The topological polar surface area (TPSA) is 52.0 Å². The van der Waals surface area contributed by atoms with Crippen molar-refractivity contribution in [2.24, 2.45) is 11.7 Å². The summed E-state index contributed by atoms with van der Waals surface area (Å²) >= 11 is 1.68. The fourth-order valence-electron chi connectivity index (χ4n) is 1.75. The Hall–Kier alpha value is -0.670. The van der Waals surface area contributed by atoms with E-state index in [2.05, 4.69) is 26.0 Å². The average molecular weight is 224 g/mol.